The predicted octanol–water partition coefficient (Wildman–Crippen LogP) is 2.53. The second kappa shape index (κ2) is 6.16. The molecule has 1 fully saturated rings. The summed E-state index contributed by atoms with van der Waals surface area (Å²) in [6.07, 6.45) is 2.25. The fraction of sp³-hybridized carbons (Fsp3) is 0.462. The van der Waals surface area contributed by atoms with Crippen molar-refractivity contribution < 1.29 is 4.79 Å². The lowest BCUT2D eigenvalue weighted by Gasteiger charge is -2.14. The van der Waals surface area contributed by atoms with Gasteiger partial charge < -0.3 is 10.6 Å². The minimum absolute atomic E-state index is 0.127. The van der Waals surface area contributed by atoms with Crippen LogP contribution in [0.4, 0.5) is 5.69 Å². The summed E-state index contributed by atoms with van der Waals surface area (Å²) >= 11 is 0. The number of carbonyl (C=O) groups is 1. The van der Waals surface area contributed by atoms with Crippen molar-refractivity contribution in [2.45, 2.75) is 26.7 Å². The summed E-state index contributed by atoms with van der Waals surface area (Å²) < 4.78 is 0. The lowest BCUT2D eigenvalue weighted by atomic mass is 10.2. The molecule has 0 saturated carbocycles. The molecule has 0 aromatic heterocycles. The molecule has 88 valence electrons. The number of hydrogen-bond acceptors (Lipinski definition) is 2. The van der Waals surface area contributed by atoms with Crippen LogP contribution in [0.15, 0.2) is 24.3 Å². The molecular weight excluding hydrogens is 200 g/mol. The van der Waals surface area contributed by atoms with Crippen LogP contribution in [0.1, 0.15) is 37.0 Å². The van der Waals surface area contributed by atoms with Crippen LogP contribution >= 0.6 is 0 Å². The Hall–Kier alpha value is -1.51. The molecule has 2 rings (SSSR count). The Kier molecular flexibility index (Phi) is 4.83. The van der Waals surface area contributed by atoms with Crippen LogP contribution in [0.5, 0.6) is 0 Å². The lowest BCUT2D eigenvalue weighted by molar-refractivity contribution is 0.0793. The van der Waals surface area contributed by atoms with Crippen LogP contribution < -0.4 is 5.73 Å². The molecule has 16 heavy (non-hydrogen) atoms. The maximum absolute atomic E-state index is 11.8. The molecule has 0 radical (unpaired) electrons. The Morgan fingerprint density at radius 2 is 1.62 bits per heavy atom. The molecule has 0 unspecified atom stereocenters. The highest BCUT2D eigenvalue weighted by atomic mass is 16.2. The summed E-state index contributed by atoms with van der Waals surface area (Å²) in [5.74, 6) is 0.127. The van der Waals surface area contributed by atoms with Crippen molar-refractivity contribution in [3.63, 3.8) is 0 Å². The summed E-state index contributed by atoms with van der Waals surface area (Å²) in [5.41, 5.74) is 6.99. The number of likely N-dealkylation sites (tertiary alicyclic amines) is 1. The normalized spacial score (nSPS) is 14.2. The van der Waals surface area contributed by atoms with Gasteiger partial charge in [-0.3, -0.25) is 4.79 Å². The van der Waals surface area contributed by atoms with Gasteiger partial charge in [-0.2, -0.15) is 0 Å². The van der Waals surface area contributed by atoms with Gasteiger partial charge in [0, 0.05) is 24.3 Å². The molecule has 0 atom stereocenters. The fourth-order valence-corrected chi connectivity index (χ4v) is 1.73. The van der Waals surface area contributed by atoms with Gasteiger partial charge in [0.1, 0.15) is 0 Å². The Morgan fingerprint density at radius 3 is 2.12 bits per heavy atom. The first-order valence-corrected chi connectivity index (χ1v) is 5.92. The molecule has 3 heteroatoms. The minimum Gasteiger partial charge on any atom is -0.399 e. The zero-order chi connectivity index (χ0) is 12.0. The van der Waals surface area contributed by atoms with E-state index in [0.717, 1.165) is 31.5 Å². The Balaban J connectivity index is 0.000000606. The van der Waals surface area contributed by atoms with Crippen LogP contribution in [0.25, 0.3) is 0 Å². The molecule has 1 heterocycles. The highest BCUT2D eigenvalue weighted by Crippen LogP contribution is 2.13. The van der Waals surface area contributed by atoms with Crippen molar-refractivity contribution in [2.75, 3.05) is 18.8 Å². The highest BCUT2D eigenvalue weighted by molar-refractivity contribution is 5.94. The van der Waals surface area contributed by atoms with Crippen LogP contribution in [0.2, 0.25) is 0 Å². The van der Waals surface area contributed by atoms with E-state index in [1.54, 1.807) is 24.3 Å². The lowest BCUT2D eigenvalue weighted by Crippen LogP contribution is -2.27. The highest BCUT2D eigenvalue weighted by Gasteiger charge is 2.18. The van der Waals surface area contributed by atoms with Gasteiger partial charge in [-0.25, -0.2) is 0 Å². The third kappa shape index (κ3) is 2.99. The van der Waals surface area contributed by atoms with E-state index in [2.05, 4.69) is 0 Å². The summed E-state index contributed by atoms with van der Waals surface area (Å²) in [7, 11) is 0. The van der Waals surface area contributed by atoms with Gasteiger partial charge in [0.25, 0.3) is 5.91 Å². The molecule has 1 saturated heterocycles. The van der Waals surface area contributed by atoms with E-state index in [4.69, 9.17) is 5.73 Å². The zero-order valence-electron chi connectivity index (χ0n) is 10.1. The molecule has 1 amide bonds. The molecule has 3 nitrogen and oxygen atoms in total. The number of hydrogen-bond donors (Lipinski definition) is 1. The molecule has 0 bridgehead atoms. The van der Waals surface area contributed by atoms with E-state index < -0.39 is 0 Å². The van der Waals surface area contributed by atoms with Gasteiger partial charge in [0.15, 0.2) is 0 Å². The fourth-order valence-electron chi connectivity index (χ4n) is 1.73. The maximum atomic E-state index is 11.8. The van der Waals surface area contributed by atoms with Crippen molar-refractivity contribution in [2.24, 2.45) is 0 Å². The molecule has 2 N–H and O–H groups in total. The van der Waals surface area contributed by atoms with Gasteiger partial charge in [-0.05, 0) is 37.1 Å². The number of carbonyl (C=O) groups excluding carboxylic acids is 1. The number of amides is 1. The van der Waals surface area contributed by atoms with Crippen molar-refractivity contribution in [3.05, 3.63) is 29.8 Å². The van der Waals surface area contributed by atoms with Crippen molar-refractivity contribution in [1.29, 1.82) is 0 Å². The second-order valence-electron chi connectivity index (χ2n) is 3.62. The summed E-state index contributed by atoms with van der Waals surface area (Å²) in [6.45, 7) is 5.78. The quantitative estimate of drug-likeness (QED) is 0.739. The molecule has 1 aliphatic heterocycles. The Morgan fingerprint density at radius 1 is 1.12 bits per heavy atom. The third-order valence-corrected chi connectivity index (χ3v) is 2.55. The first kappa shape index (κ1) is 12.6. The molecule has 1 aromatic rings. The van der Waals surface area contributed by atoms with Crippen LogP contribution in [-0.2, 0) is 0 Å². The minimum atomic E-state index is 0.127. The number of rotatable bonds is 1. The number of anilines is 1. The smallest absolute Gasteiger partial charge is 0.253 e. The van der Waals surface area contributed by atoms with E-state index >= 15 is 0 Å². The van der Waals surface area contributed by atoms with Gasteiger partial charge >= 0.3 is 0 Å². The van der Waals surface area contributed by atoms with Gasteiger partial charge in [0.2, 0.25) is 0 Å². The Labute approximate surface area is 97.2 Å². The van der Waals surface area contributed by atoms with E-state index in [1.807, 2.05) is 18.7 Å². The van der Waals surface area contributed by atoms with Crippen molar-refractivity contribution >= 4 is 11.6 Å². The van der Waals surface area contributed by atoms with Crippen LogP contribution in [-0.4, -0.2) is 23.9 Å². The molecule has 0 aliphatic carbocycles. The monoisotopic (exact) mass is 220 g/mol. The number of nitrogen functional groups attached to an aromatic ring is 1. The molecule has 0 spiro atoms. The van der Waals surface area contributed by atoms with Crippen molar-refractivity contribution in [3.8, 4) is 0 Å². The largest absolute Gasteiger partial charge is 0.399 e. The van der Waals surface area contributed by atoms with Crippen LogP contribution in [0.3, 0.4) is 0 Å². The first-order valence-electron chi connectivity index (χ1n) is 5.92. The standard InChI is InChI=1S/C11H14N2O.C2H6/c12-10-5-3-9(4-6-10)11(14)13-7-1-2-8-13;1-2/h3-6H,1-2,7-8,12H2;1-2H3. The van der Waals surface area contributed by atoms with Gasteiger partial charge in [-0.1, -0.05) is 13.8 Å². The summed E-state index contributed by atoms with van der Waals surface area (Å²) in [6, 6.07) is 7.11. The van der Waals surface area contributed by atoms with Gasteiger partial charge in [0.05, 0.1) is 0 Å². The summed E-state index contributed by atoms with van der Waals surface area (Å²) in [4.78, 5) is 13.7. The molecule has 1 aliphatic rings. The predicted molar refractivity (Wildman–Crippen MR) is 67.3 cm³/mol. The molecule has 1 aromatic carbocycles. The van der Waals surface area contributed by atoms with Crippen LogP contribution in [0, 0.1) is 0 Å². The first-order chi connectivity index (χ1) is 7.77. The Bertz CT molecular complexity index is 326. The topological polar surface area (TPSA) is 46.3 Å². The average Bonchev–Trinajstić information content (AvgIpc) is 2.85. The van der Waals surface area contributed by atoms with E-state index in [9.17, 15) is 4.79 Å². The second-order valence-corrected chi connectivity index (χ2v) is 3.62. The third-order valence-electron chi connectivity index (χ3n) is 2.55. The average molecular weight is 220 g/mol. The number of benzene rings is 1. The number of nitrogens with two attached hydrogens (primary N) is 1. The van der Waals surface area contributed by atoms with E-state index in [-0.39, 0.29) is 5.91 Å². The summed E-state index contributed by atoms with van der Waals surface area (Å²) in [5, 5.41) is 0. The SMILES string of the molecule is CC.Nc1ccc(C(=O)N2CCCC2)cc1. The van der Waals surface area contributed by atoms with Gasteiger partial charge in [-0.15, -0.1) is 0 Å². The molecular formula is C13H20N2O. The van der Waals surface area contributed by atoms with Crippen molar-refractivity contribution in [1.82, 2.24) is 4.90 Å². The zero-order valence-corrected chi connectivity index (χ0v) is 10.1. The maximum Gasteiger partial charge on any atom is 0.253 e. The number of nitrogens with zero attached hydrogens (tertiary/aromatic N) is 1. The van der Waals surface area contributed by atoms with E-state index in [0.29, 0.717) is 5.69 Å². The van der Waals surface area contributed by atoms with E-state index in [1.165, 1.54) is 0 Å².